The molecule has 0 atom stereocenters. The number of amides is 1. The number of hydrogen-bond donors (Lipinski definition) is 1. The summed E-state index contributed by atoms with van der Waals surface area (Å²) in [5.74, 6) is -0.221. The van der Waals surface area contributed by atoms with Crippen LogP contribution in [0.4, 0.5) is 0 Å². The molecule has 0 aromatic carbocycles. The molecule has 2 nitrogen and oxygen atoms in total. The molecule has 1 amide bonds. The highest BCUT2D eigenvalue weighted by Gasteiger charge is 2.26. The lowest BCUT2D eigenvalue weighted by Crippen LogP contribution is -2.36. The van der Waals surface area contributed by atoms with Crippen molar-refractivity contribution in [3.63, 3.8) is 0 Å². The average molecular weight is 215 g/mol. The van der Waals surface area contributed by atoms with Crippen LogP contribution in [0.2, 0.25) is 39.3 Å². The van der Waals surface area contributed by atoms with Gasteiger partial charge in [0, 0.05) is 0 Å². The summed E-state index contributed by atoms with van der Waals surface area (Å²) in [5, 5.41) is 0.909. The maximum atomic E-state index is 11.2. The third kappa shape index (κ3) is 5.05. The summed E-state index contributed by atoms with van der Waals surface area (Å²) < 4.78 is 0. The number of nitrogens with two attached hydrogens (primary N) is 1. The van der Waals surface area contributed by atoms with E-state index in [0.717, 1.165) is 5.20 Å². The molecule has 0 rings (SSSR count). The Labute approximate surface area is 83.2 Å². The zero-order chi connectivity index (χ0) is 10.9. The first-order valence-corrected chi connectivity index (χ1v) is 11.6. The van der Waals surface area contributed by atoms with Gasteiger partial charge in [-0.2, -0.15) is 0 Å². The predicted octanol–water partition coefficient (Wildman–Crippen LogP) is 2.15. The van der Waals surface area contributed by atoms with Crippen LogP contribution in [-0.2, 0) is 4.79 Å². The summed E-state index contributed by atoms with van der Waals surface area (Å²) in [7, 11) is -2.86. The van der Waals surface area contributed by atoms with Crippen LogP contribution in [0.15, 0.2) is 10.9 Å². The van der Waals surface area contributed by atoms with E-state index in [9.17, 15) is 4.79 Å². The Morgan fingerprint density at radius 1 is 1.08 bits per heavy atom. The molecule has 0 aromatic rings. The van der Waals surface area contributed by atoms with Gasteiger partial charge in [-0.05, 0) is 5.20 Å². The van der Waals surface area contributed by atoms with Gasteiger partial charge < -0.3 is 5.73 Å². The van der Waals surface area contributed by atoms with Crippen molar-refractivity contribution in [2.24, 2.45) is 5.73 Å². The molecule has 13 heavy (non-hydrogen) atoms. The molecule has 0 heterocycles. The van der Waals surface area contributed by atoms with E-state index in [2.05, 4.69) is 45.0 Å². The topological polar surface area (TPSA) is 43.1 Å². The second-order valence-corrected chi connectivity index (χ2v) is 15.6. The molecule has 76 valence electrons. The van der Waals surface area contributed by atoms with E-state index < -0.39 is 16.1 Å². The van der Waals surface area contributed by atoms with E-state index in [1.54, 1.807) is 0 Å². The Morgan fingerprint density at radius 3 is 1.54 bits per heavy atom. The summed E-state index contributed by atoms with van der Waals surface area (Å²) in [6.45, 7) is 13.1. The van der Waals surface area contributed by atoms with Crippen molar-refractivity contribution >= 4 is 22.1 Å². The molecule has 0 radical (unpaired) electrons. The Morgan fingerprint density at radius 2 is 1.46 bits per heavy atom. The molecule has 0 unspecified atom stereocenters. The minimum absolute atomic E-state index is 0.221. The van der Waals surface area contributed by atoms with Crippen molar-refractivity contribution in [1.29, 1.82) is 0 Å². The molecule has 0 aliphatic rings. The lowest BCUT2D eigenvalue weighted by molar-refractivity contribution is -0.114. The molecule has 0 aliphatic carbocycles. The normalized spacial score (nSPS) is 14.5. The predicted molar refractivity (Wildman–Crippen MR) is 64.0 cm³/mol. The molecule has 2 N–H and O–H groups in total. The van der Waals surface area contributed by atoms with Gasteiger partial charge >= 0.3 is 0 Å². The first kappa shape index (κ1) is 12.6. The number of hydrogen-bond acceptors (Lipinski definition) is 1. The number of rotatable bonds is 3. The van der Waals surface area contributed by atoms with Crippen LogP contribution in [0.3, 0.4) is 0 Å². The van der Waals surface area contributed by atoms with Gasteiger partial charge in [-0.15, -0.1) is 0 Å². The van der Waals surface area contributed by atoms with Crippen molar-refractivity contribution in [2.45, 2.75) is 39.3 Å². The van der Waals surface area contributed by atoms with Crippen molar-refractivity contribution in [2.75, 3.05) is 0 Å². The van der Waals surface area contributed by atoms with E-state index in [-0.39, 0.29) is 5.91 Å². The maximum absolute atomic E-state index is 11.2. The fourth-order valence-electron chi connectivity index (χ4n) is 1.09. The second-order valence-electron chi connectivity index (χ2n) is 5.54. The largest absolute Gasteiger partial charge is 0.366 e. The van der Waals surface area contributed by atoms with E-state index in [4.69, 9.17) is 5.73 Å². The number of primary amides is 1. The first-order chi connectivity index (χ1) is 5.54. The monoisotopic (exact) mass is 215 g/mol. The molecule has 0 aliphatic heterocycles. The molecule has 0 saturated heterocycles. The smallest absolute Gasteiger partial charge is 0.239 e. The summed E-state index contributed by atoms with van der Waals surface area (Å²) in [4.78, 5) is 11.2. The maximum Gasteiger partial charge on any atom is 0.239 e. The Balaban J connectivity index is 5.06. The fourth-order valence-corrected chi connectivity index (χ4v) is 5.87. The Hall–Kier alpha value is -0.356. The number of carbonyl (C=O) groups is 1. The van der Waals surface area contributed by atoms with Gasteiger partial charge in [0.15, 0.2) is 0 Å². The third-order valence-electron chi connectivity index (χ3n) is 1.65. The molecule has 0 bridgehead atoms. The summed E-state index contributed by atoms with van der Waals surface area (Å²) in [6, 6.07) is 0. The zero-order valence-corrected chi connectivity index (χ0v) is 11.6. The van der Waals surface area contributed by atoms with Crippen molar-refractivity contribution in [3.8, 4) is 0 Å². The van der Waals surface area contributed by atoms with Crippen LogP contribution in [0.25, 0.3) is 0 Å². The van der Waals surface area contributed by atoms with Crippen LogP contribution >= 0.6 is 0 Å². The van der Waals surface area contributed by atoms with Crippen molar-refractivity contribution in [3.05, 3.63) is 10.9 Å². The standard InChI is InChI=1S/C9H21NOSi2/c1-12(2,3)7-8(9(10)11)13(4,5)6/h7H,1-6H3,(H2,10,11). The zero-order valence-electron chi connectivity index (χ0n) is 9.56. The van der Waals surface area contributed by atoms with Crippen LogP contribution < -0.4 is 5.73 Å². The lowest BCUT2D eigenvalue weighted by atomic mass is 10.6. The van der Waals surface area contributed by atoms with Crippen LogP contribution in [0, 0.1) is 0 Å². The van der Waals surface area contributed by atoms with Gasteiger partial charge in [0.1, 0.15) is 0 Å². The lowest BCUT2D eigenvalue weighted by Gasteiger charge is -2.21. The molecular formula is C9H21NOSi2. The first-order valence-electron chi connectivity index (χ1n) is 4.57. The van der Waals surface area contributed by atoms with Gasteiger partial charge in [-0.1, -0.05) is 45.0 Å². The molecule has 0 fully saturated rings. The van der Waals surface area contributed by atoms with Gasteiger partial charge in [0.2, 0.25) is 5.91 Å². The molecule has 0 aromatic heterocycles. The van der Waals surface area contributed by atoms with Crippen LogP contribution in [-0.4, -0.2) is 22.1 Å². The van der Waals surface area contributed by atoms with Crippen molar-refractivity contribution in [1.82, 2.24) is 0 Å². The fraction of sp³-hybridized carbons (Fsp3) is 0.667. The minimum atomic E-state index is -1.54. The van der Waals surface area contributed by atoms with Crippen LogP contribution in [0.1, 0.15) is 0 Å². The van der Waals surface area contributed by atoms with E-state index in [1.807, 2.05) is 0 Å². The quantitative estimate of drug-likeness (QED) is 0.569. The van der Waals surface area contributed by atoms with Gasteiger partial charge in [-0.25, -0.2) is 0 Å². The van der Waals surface area contributed by atoms with Gasteiger partial charge in [-0.3, -0.25) is 4.79 Å². The van der Waals surface area contributed by atoms with Gasteiger partial charge in [0.05, 0.1) is 16.1 Å². The summed E-state index contributed by atoms with van der Waals surface area (Å²) >= 11 is 0. The SMILES string of the molecule is C[Si](C)(C)C=C(C(N)=O)[Si](C)(C)C. The minimum Gasteiger partial charge on any atom is -0.366 e. The number of carbonyl (C=O) groups excluding carboxylic acids is 1. The Bertz CT molecular complexity index is 233. The van der Waals surface area contributed by atoms with E-state index >= 15 is 0 Å². The summed E-state index contributed by atoms with van der Waals surface area (Å²) in [6.07, 6.45) is 0. The van der Waals surface area contributed by atoms with Crippen LogP contribution in [0.5, 0.6) is 0 Å². The van der Waals surface area contributed by atoms with Crippen molar-refractivity contribution < 1.29 is 4.79 Å². The highest BCUT2D eigenvalue weighted by molar-refractivity contribution is 6.91. The molecule has 0 spiro atoms. The Kier molecular flexibility index (Phi) is 3.69. The molecule has 0 saturated carbocycles. The van der Waals surface area contributed by atoms with Gasteiger partial charge in [0.25, 0.3) is 0 Å². The molecule has 4 heteroatoms. The second kappa shape index (κ2) is 3.80. The molecular weight excluding hydrogens is 194 g/mol. The van der Waals surface area contributed by atoms with E-state index in [0.29, 0.717) is 0 Å². The average Bonchev–Trinajstić information content (AvgIpc) is 1.77. The van der Waals surface area contributed by atoms with E-state index in [1.165, 1.54) is 0 Å². The highest BCUT2D eigenvalue weighted by atomic mass is 28.3. The highest BCUT2D eigenvalue weighted by Crippen LogP contribution is 2.17. The third-order valence-corrected chi connectivity index (χ3v) is 5.10. The summed E-state index contributed by atoms with van der Waals surface area (Å²) in [5.41, 5.74) is 7.53.